The zero-order chi connectivity index (χ0) is 16.8. The number of carbonyl (C=O) groups is 2. The van der Waals surface area contributed by atoms with Gasteiger partial charge in [-0.3, -0.25) is 4.79 Å². The highest BCUT2D eigenvalue weighted by Gasteiger charge is 2.07. The van der Waals surface area contributed by atoms with Crippen LogP contribution in [0.1, 0.15) is 15.9 Å². The molecule has 0 bridgehead atoms. The van der Waals surface area contributed by atoms with Crippen molar-refractivity contribution in [3.8, 4) is 0 Å². The number of methoxy groups -OCH3 is 1. The lowest BCUT2D eigenvalue weighted by Crippen LogP contribution is -2.22. The van der Waals surface area contributed by atoms with E-state index in [0.717, 1.165) is 5.56 Å². The summed E-state index contributed by atoms with van der Waals surface area (Å²) in [4.78, 5) is 23.2. The van der Waals surface area contributed by atoms with Crippen LogP contribution in [0.15, 0.2) is 42.5 Å². The van der Waals surface area contributed by atoms with Gasteiger partial charge in [0.15, 0.2) is 0 Å². The SMILES string of the molecule is COC(=O)c1ccc(NCC(=O)Nc2cc(F)ccc2C)cc1. The minimum absolute atomic E-state index is 0.0214. The fourth-order valence-electron chi connectivity index (χ4n) is 1.95. The number of hydrogen-bond donors (Lipinski definition) is 2. The van der Waals surface area contributed by atoms with Gasteiger partial charge in [0.05, 0.1) is 19.2 Å². The van der Waals surface area contributed by atoms with Gasteiger partial charge in [0.1, 0.15) is 5.82 Å². The molecule has 0 radical (unpaired) electrons. The van der Waals surface area contributed by atoms with Crippen molar-refractivity contribution in [2.45, 2.75) is 6.92 Å². The molecule has 0 saturated heterocycles. The molecule has 2 N–H and O–H groups in total. The molecule has 2 aromatic carbocycles. The molecule has 0 aliphatic rings. The number of esters is 1. The van der Waals surface area contributed by atoms with Crippen LogP contribution in [-0.4, -0.2) is 25.5 Å². The summed E-state index contributed by atoms with van der Waals surface area (Å²) >= 11 is 0. The largest absolute Gasteiger partial charge is 0.465 e. The van der Waals surface area contributed by atoms with Gasteiger partial charge in [0.2, 0.25) is 5.91 Å². The normalized spacial score (nSPS) is 10.0. The van der Waals surface area contributed by atoms with Crippen molar-refractivity contribution in [1.82, 2.24) is 0 Å². The molecule has 0 spiro atoms. The molecule has 1 amide bonds. The predicted octanol–water partition coefficient (Wildman–Crippen LogP) is 2.97. The second-order valence-corrected chi connectivity index (χ2v) is 4.93. The minimum Gasteiger partial charge on any atom is -0.465 e. The molecule has 120 valence electrons. The second-order valence-electron chi connectivity index (χ2n) is 4.93. The molecule has 5 nitrogen and oxygen atoms in total. The lowest BCUT2D eigenvalue weighted by atomic mass is 10.2. The number of nitrogens with one attached hydrogen (secondary N) is 2. The maximum absolute atomic E-state index is 13.2. The van der Waals surface area contributed by atoms with Crippen molar-refractivity contribution in [2.75, 3.05) is 24.3 Å². The van der Waals surface area contributed by atoms with E-state index < -0.39 is 11.8 Å². The van der Waals surface area contributed by atoms with E-state index >= 15 is 0 Å². The van der Waals surface area contributed by atoms with Gasteiger partial charge in [-0.1, -0.05) is 6.07 Å². The fraction of sp³-hybridized carbons (Fsp3) is 0.176. The fourth-order valence-corrected chi connectivity index (χ4v) is 1.95. The molecular weight excluding hydrogens is 299 g/mol. The van der Waals surface area contributed by atoms with Crippen LogP contribution < -0.4 is 10.6 Å². The summed E-state index contributed by atoms with van der Waals surface area (Å²) in [5.74, 6) is -1.12. The zero-order valence-corrected chi connectivity index (χ0v) is 12.9. The average molecular weight is 316 g/mol. The van der Waals surface area contributed by atoms with Crippen LogP contribution in [0, 0.1) is 12.7 Å². The summed E-state index contributed by atoms with van der Waals surface area (Å²) in [5.41, 5.74) is 2.33. The summed E-state index contributed by atoms with van der Waals surface area (Å²) in [5, 5.41) is 5.57. The van der Waals surface area contributed by atoms with Gasteiger partial charge in [-0.15, -0.1) is 0 Å². The van der Waals surface area contributed by atoms with Crippen molar-refractivity contribution < 1.29 is 18.7 Å². The highest BCUT2D eigenvalue weighted by atomic mass is 19.1. The Kier molecular flexibility index (Phi) is 5.30. The van der Waals surface area contributed by atoms with E-state index in [9.17, 15) is 14.0 Å². The van der Waals surface area contributed by atoms with Crippen molar-refractivity contribution in [3.63, 3.8) is 0 Å². The van der Waals surface area contributed by atoms with Gasteiger partial charge in [-0.25, -0.2) is 9.18 Å². The summed E-state index contributed by atoms with van der Waals surface area (Å²) in [6.07, 6.45) is 0. The number of benzene rings is 2. The number of carbonyl (C=O) groups excluding carboxylic acids is 2. The van der Waals surface area contributed by atoms with Gasteiger partial charge in [-0.05, 0) is 48.9 Å². The van der Waals surface area contributed by atoms with Gasteiger partial charge in [0, 0.05) is 11.4 Å². The summed E-state index contributed by atoms with van der Waals surface area (Å²) in [6.45, 7) is 1.81. The Morgan fingerprint density at radius 1 is 1.13 bits per heavy atom. The minimum atomic E-state index is -0.420. The van der Waals surface area contributed by atoms with Crippen molar-refractivity contribution in [2.24, 2.45) is 0 Å². The number of amides is 1. The molecule has 0 unspecified atom stereocenters. The summed E-state index contributed by atoms with van der Waals surface area (Å²) in [6, 6.07) is 10.8. The topological polar surface area (TPSA) is 67.4 Å². The molecule has 0 aromatic heterocycles. The average Bonchev–Trinajstić information content (AvgIpc) is 2.56. The number of aryl methyl sites for hydroxylation is 1. The first kappa shape index (κ1) is 16.5. The monoisotopic (exact) mass is 316 g/mol. The van der Waals surface area contributed by atoms with Crippen molar-refractivity contribution >= 4 is 23.3 Å². The second kappa shape index (κ2) is 7.40. The summed E-state index contributed by atoms with van der Waals surface area (Å²) < 4.78 is 17.8. The Labute approximate surface area is 133 Å². The number of hydrogen-bond acceptors (Lipinski definition) is 4. The molecule has 6 heteroatoms. The van der Waals surface area contributed by atoms with Crippen LogP contribution in [0.4, 0.5) is 15.8 Å². The first-order chi connectivity index (χ1) is 11.0. The lowest BCUT2D eigenvalue weighted by molar-refractivity contribution is -0.114. The maximum Gasteiger partial charge on any atom is 0.337 e. The molecule has 2 aromatic rings. The van der Waals surface area contributed by atoms with E-state index in [1.807, 2.05) is 0 Å². The smallest absolute Gasteiger partial charge is 0.337 e. The number of anilines is 2. The number of ether oxygens (including phenoxy) is 1. The molecule has 0 heterocycles. The van der Waals surface area contributed by atoms with Crippen LogP contribution in [-0.2, 0) is 9.53 Å². The Hall–Kier alpha value is -2.89. The Morgan fingerprint density at radius 2 is 1.83 bits per heavy atom. The molecule has 0 saturated carbocycles. The standard InChI is InChI=1S/C17H17FN2O3/c1-11-3-6-13(18)9-15(11)20-16(21)10-19-14-7-4-12(5-8-14)17(22)23-2/h3-9,19H,10H2,1-2H3,(H,20,21). The van der Waals surface area contributed by atoms with Gasteiger partial charge >= 0.3 is 5.97 Å². The zero-order valence-electron chi connectivity index (χ0n) is 12.9. The van der Waals surface area contributed by atoms with Crippen LogP contribution in [0.5, 0.6) is 0 Å². The molecule has 0 atom stereocenters. The predicted molar refractivity (Wildman–Crippen MR) is 86.0 cm³/mol. The quantitative estimate of drug-likeness (QED) is 0.832. The third-order valence-electron chi connectivity index (χ3n) is 3.23. The lowest BCUT2D eigenvalue weighted by Gasteiger charge is -2.10. The van der Waals surface area contributed by atoms with Gasteiger partial charge in [-0.2, -0.15) is 0 Å². The molecule has 0 fully saturated rings. The van der Waals surface area contributed by atoms with Gasteiger partial charge < -0.3 is 15.4 Å². The molecular formula is C17H17FN2O3. The van der Waals surface area contributed by atoms with Crippen molar-refractivity contribution in [1.29, 1.82) is 0 Å². The van der Waals surface area contributed by atoms with Crippen molar-refractivity contribution in [3.05, 3.63) is 59.4 Å². The highest BCUT2D eigenvalue weighted by molar-refractivity contribution is 5.94. The van der Waals surface area contributed by atoms with Crippen LogP contribution >= 0.6 is 0 Å². The first-order valence-corrected chi connectivity index (χ1v) is 6.98. The van der Waals surface area contributed by atoms with E-state index in [1.54, 1.807) is 37.3 Å². The van der Waals surface area contributed by atoms with Crippen LogP contribution in [0.3, 0.4) is 0 Å². The highest BCUT2D eigenvalue weighted by Crippen LogP contribution is 2.16. The Morgan fingerprint density at radius 3 is 2.48 bits per heavy atom. The third-order valence-corrected chi connectivity index (χ3v) is 3.23. The Balaban J connectivity index is 1.91. The molecule has 2 rings (SSSR count). The van der Waals surface area contributed by atoms with E-state index in [2.05, 4.69) is 15.4 Å². The van der Waals surface area contributed by atoms with Crippen LogP contribution in [0.2, 0.25) is 0 Å². The summed E-state index contributed by atoms with van der Waals surface area (Å²) in [7, 11) is 1.31. The van der Waals surface area contributed by atoms with E-state index in [1.165, 1.54) is 19.2 Å². The molecule has 23 heavy (non-hydrogen) atoms. The maximum atomic E-state index is 13.2. The van der Waals surface area contributed by atoms with Gasteiger partial charge in [0.25, 0.3) is 0 Å². The van der Waals surface area contributed by atoms with E-state index in [4.69, 9.17) is 0 Å². The van der Waals surface area contributed by atoms with E-state index in [-0.39, 0.29) is 12.5 Å². The molecule has 0 aliphatic carbocycles. The van der Waals surface area contributed by atoms with Crippen LogP contribution in [0.25, 0.3) is 0 Å². The Bertz CT molecular complexity index is 714. The number of halogens is 1. The molecule has 0 aliphatic heterocycles. The third kappa shape index (κ3) is 4.54. The van der Waals surface area contributed by atoms with E-state index in [0.29, 0.717) is 16.9 Å². The number of rotatable bonds is 5. The first-order valence-electron chi connectivity index (χ1n) is 6.98.